The number of carboxylic acids is 1. The Labute approximate surface area is 120 Å². The first kappa shape index (κ1) is 13.2. The van der Waals surface area contributed by atoms with Gasteiger partial charge in [0.2, 0.25) is 0 Å². The number of carbonyl (C=O) groups is 1. The maximum atomic E-state index is 11.5. The summed E-state index contributed by atoms with van der Waals surface area (Å²) in [6, 6.07) is 0. The van der Waals surface area contributed by atoms with E-state index in [0.717, 1.165) is 0 Å². The topological polar surface area (TPSA) is 98.7 Å². The van der Waals surface area contributed by atoms with Gasteiger partial charge in [-0.25, -0.2) is 19.4 Å². The van der Waals surface area contributed by atoms with Gasteiger partial charge in [-0.05, 0) is 20.8 Å². The molecule has 3 heterocycles. The number of hydrogen-bond acceptors (Lipinski definition) is 5. The minimum atomic E-state index is -1.06. The summed E-state index contributed by atoms with van der Waals surface area (Å²) in [5.41, 5.74) is 1.84. The Bertz CT molecular complexity index is 877. The lowest BCUT2D eigenvalue weighted by Gasteiger charge is -2.09. The molecule has 8 heteroatoms. The molecule has 3 aromatic rings. The summed E-state index contributed by atoms with van der Waals surface area (Å²) in [5.74, 6) is 0.135. The fraction of sp³-hybridized carbons (Fsp3) is 0.308. The molecule has 21 heavy (non-hydrogen) atoms. The molecule has 0 radical (unpaired) electrons. The number of fused-ring (bicyclic) bond motifs is 1. The van der Waals surface area contributed by atoms with Gasteiger partial charge in [0.25, 0.3) is 0 Å². The molecule has 0 amide bonds. The summed E-state index contributed by atoms with van der Waals surface area (Å²) in [7, 11) is 1.77. The molecule has 108 valence electrons. The van der Waals surface area contributed by atoms with Gasteiger partial charge in [0.05, 0.1) is 16.8 Å². The number of carboxylic acid groups (broad SMARTS) is 1. The number of aromatic carboxylic acids is 1. The minimum absolute atomic E-state index is 0.0756. The summed E-state index contributed by atoms with van der Waals surface area (Å²) >= 11 is 0. The maximum Gasteiger partial charge on any atom is 0.339 e. The second-order valence-corrected chi connectivity index (χ2v) is 4.85. The molecule has 3 aromatic heterocycles. The Morgan fingerprint density at radius 3 is 2.52 bits per heavy atom. The van der Waals surface area contributed by atoms with Crippen molar-refractivity contribution in [3.63, 3.8) is 0 Å². The predicted octanol–water partition coefficient (Wildman–Crippen LogP) is 1.17. The molecule has 0 bridgehead atoms. The third kappa shape index (κ3) is 1.87. The Hall–Kier alpha value is -2.77. The summed E-state index contributed by atoms with van der Waals surface area (Å²) in [6.07, 6.45) is 1.33. The van der Waals surface area contributed by atoms with E-state index in [-0.39, 0.29) is 5.56 Å². The monoisotopic (exact) mass is 286 g/mol. The van der Waals surface area contributed by atoms with Gasteiger partial charge in [-0.1, -0.05) is 0 Å². The highest BCUT2D eigenvalue weighted by Crippen LogP contribution is 2.27. The maximum absolute atomic E-state index is 11.5. The van der Waals surface area contributed by atoms with Crippen molar-refractivity contribution < 1.29 is 9.90 Å². The van der Waals surface area contributed by atoms with E-state index in [1.807, 2.05) is 6.92 Å². The molecular weight excluding hydrogens is 272 g/mol. The van der Waals surface area contributed by atoms with Crippen molar-refractivity contribution >= 4 is 17.0 Å². The van der Waals surface area contributed by atoms with Crippen LogP contribution in [-0.4, -0.2) is 40.6 Å². The first-order valence-corrected chi connectivity index (χ1v) is 6.36. The van der Waals surface area contributed by atoms with Crippen molar-refractivity contribution in [2.75, 3.05) is 0 Å². The van der Waals surface area contributed by atoms with E-state index in [0.29, 0.717) is 34.1 Å². The molecule has 1 N–H and O–H groups in total. The largest absolute Gasteiger partial charge is 0.478 e. The Morgan fingerprint density at radius 1 is 1.24 bits per heavy atom. The van der Waals surface area contributed by atoms with Gasteiger partial charge in [0.1, 0.15) is 17.2 Å². The molecule has 8 nitrogen and oxygen atoms in total. The van der Waals surface area contributed by atoms with Crippen molar-refractivity contribution in [3.05, 3.63) is 29.1 Å². The van der Waals surface area contributed by atoms with Crippen LogP contribution in [0.25, 0.3) is 16.7 Å². The van der Waals surface area contributed by atoms with E-state index in [1.165, 1.54) is 10.9 Å². The average Bonchev–Trinajstić information content (AvgIpc) is 2.88. The zero-order chi connectivity index (χ0) is 15.3. The fourth-order valence-electron chi connectivity index (χ4n) is 2.50. The van der Waals surface area contributed by atoms with Crippen LogP contribution in [0.15, 0.2) is 6.20 Å². The molecule has 3 rings (SSSR count). The summed E-state index contributed by atoms with van der Waals surface area (Å²) in [6.45, 7) is 5.36. The van der Waals surface area contributed by atoms with E-state index in [9.17, 15) is 9.90 Å². The number of aryl methyl sites for hydroxylation is 4. The first-order valence-electron chi connectivity index (χ1n) is 6.36. The van der Waals surface area contributed by atoms with Crippen molar-refractivity contribution in [3.8, 4) is 5.69 Å². The quantitative estimate of drug-likeness (QED) is 0.759. The minimum Gasteiger partial charge on any atom is -0.478 e. The molecule has 0 aliphatic carbocycles. The van der Waals surface area contributed by atoms with E-state index in [4.69, 9.17) is 0 Å². The van der Waals surface area contributed by atoms with Crippen LogP contribution in [-0.2, 0) is 7.05 Å². The number of rotatable bonds is 2. The molecule has 0 aliphatic rings. The highest BCUT2D eigenvalue weighted by Gasteiger charge is 2.22. The van der Waals surface area contributed by atoms with Gasteiger partial charge in [-0.3, -0.25) is 4.68 Å². The lowest BCUT2D eigenvalue weighted by Crippen LogP contribution is -2.10. The fourth-order valence-corrected chi connectivity index (χ4v) is 2.50. The van der Waals surface area contributed by atoms with Crippen molar-refractivity contribution in [1.29, 1.82) is 0 Å². The van der Waals surface area contributed by atoms with Crippen molar-refractivity contribution in [1.82, 2.24) is 29.5 Å². The number of hydrogen-bond donors (Lipinski definition) is 1. The smallest absolute Gasteiger partial charge is 0.339 e. The summed E-state index contributed by atoms with van der Waals surface area (Å²) < 4.78 is 3.16. The van der Waals surface area contributed by atoms with E-state index < -0.39 is 5.97 Å². The van der Waals surface area contributed by atoms with Crippen LogP contribution in [0.1, 0.15) is 27.7 Å². The zero-order valence-electron chi connectivity index (χ0n) is 12.1. The van der Waals surface area contributed by atoms with Gasteiger partial charge >= 0.3 is 5.97 Å². The lowest BCUT2D eigenvalue weighted by molar-refractivity contribution is 0.0696. The molecule has 0 spiro atoms. The Balaban J connectivity index is 2.50. The van der Waals surface area contributed by atoms with Gasteiger partial charge in [-0.15, -0.1) is 0 Å². The van der Waals surface area contributed by atoms with Gasteiger partial charge in [0.15, 0.2) is 5.65 Å². The summed E-state index contributed by atoms with van der Waals surface area (Å²) in [5, 5.41) is 18.7. The van der Waals surface area contributed by atoms with E-state index >= 15 is 0 Å². The molecule has 0 atom stereocenters. The molecule has 0 aromatic carbocycles. The third-order valence-electron chi connectivity index (χ3n) is 3.32. The van der Waals surface area contributed by atoms with Crippen molar-refractivity contribution in [2.45, 2.75) is 20.8 Å². The van der Waals surface area contributed by atoms with Crippen LogP contribution in [0, 0.1) is 20.8 Å². The number of nitrogens with zero attached hydrogens (tertiary/aromatic N) is 6. The Kier molecular flexibility index (Phi) is 2.75. The van der Waals surface area contributed by atoms with Crippen LogP contribution in [0.5, 0.6) is 0 Å². The van der Waals surface area contributed by atoms with Crippen LogP contribution >= 0.6 is 0 Å². The summed E-state index contributed by atoms with van der Waals surface area (Å²) in [4.78, 5) is 20.0. The van der Waals surface area contributed by atoms with Crippen LogP contribution in [0.4, 0.5) is 0 Å². The first-order chi connectivity index (χ1) is 9.90. The molecule has 0 saturated carbocycles. The number of pyridine rings is 1. The molecule has 0 saturated heterocycles. The van der Waals surface area contributed by atoms with Gasteiger partial charge < -0.3 is 5.11 Å². The Morgan fingerprint density at radius 2 is 1.95 bits per heavy atom. The normalized spacial score (nSPS) is 11.2. The molecular formula is C13H14N6O2. The van der Waals surface area contributed by atoms with Gasteiger partial charge in [0, 0.05) is 13.2 Å². The van der Waals surface area contributed by atoms with E-state index in [1.54, 1.807) is 25.6 Å². The zero-order valence-corrected chi connectivity index (χ0v) is 12.1. The standard InChI is InChI=1S/C13H14N6O2/c1-6-10-11(19-8(3)15-7(2)17-19)9(13(20)21)5-14-12(10)18(4)16-6/h5H,1-4H3,(H,20,21). The van der Waals surface area contributed by atoms with Crippen molar-refractivity contribution in [2.24, 2.45) is 7.05 Å². The highest BCUT2D eigenvalue weighted by molar-refractivity contribution is 6.00. The number of aromatic nitrogens is 6. The average molecular weight is 286 g/mol. The third-order valence-corrected chi connectivity index (χ3v) is 3.32. The van der Waals surface area contributed by atoms with Crippen LogP contribution in [0.3, 0.4) is 0 Å². The lowest BCUT2D eigenvalue weighted by atomic mass is 10.1. The second kappa shape index (κ2) is 4.37. The molecule has 0 unspecified atom stereocenters. The molecule has 0 aliphatic heterocycles. The van der Waals surface area contributed by atoms with Gasteiger partial charge in [-0.2, -0.15) is 10.2 Å². The second-order valence-electron chi connectivity index (χ2n) is 4.85. The SMILES string of the molecule is Cc1nc(C)n(-c2c(C(=O)O)cnc3c2c(C)nn3C)n1. The van der Waals surface area contributed by atoms with Crippen LogP contribution < -0.4 is 0 Å². The predicted molar refractivity (Wildman–Crippen MR) is 74.6 cm³/mol. The molecule has 0 fully saturated rings. The highest BCUT2D eigenvalue weighted by atomic mass is 16.4. The van der Waals surface area contributed by atoms with Crippen LogP contribution in [0.2, 0.25) is 0 Å². The van der Waals surface area contributed by atoms with E-state index in [2.05, 4.69) is 20.2 Å².